The van der Waals surface area contributed by atoms with Gasteiger partial charge in [0.1, 0.15) is 23.4 Å². The molecule has 0 radical (unpaired) electrons. The summed E-state index contributed by atoms with van der Waals surface area (Å²) < 4.78 is 0. The highest BCUT2D eigenvalue weighted by Gasteiger charge is 2.37. The van der Waals surface area contributed by atoms with E-state index in [4.69, 9.17) is 0 Å². The molecule has 2 aliphatic rings. The van der Waals surface area contributed by atoms with Crippen molar-refractivity contribution in [2.45, 2.75) is 57.7 Å². The lowest BCUT2D eigenvalue weighted by Crippen LogP contribution is -2.50. The highest BCUT2D eigenvalue weighted by atomic mass is 16.4. The standard InChI is InChI=1S/C30H33N7O3/c1-19(2)26(36-30(39)40)29(38)37-16-6-10-25(37)28-33-18-24(35-28)21-13-11-20(12-14-21)7-3-4-8-22-17-32-27(34-22)23-9-5-15-31-23/h11-14,17-19,23,25-26,31,36H,5-6,9-10,15-16H2,1-2H3,(H,32,34)(H,33,35)(H,39,40)/t23-,25-,26-/m0/s1. The van der Waals surface area contributed by atoms with E-state index in [1.807, 2.05) is 38.1 Å². The lowest BCUT2D eigenvalue weighted by atomic mass is 10.0. The Hall–Kier alpha value is -4.54. The topological polar surface area (TPSA) is 139 Å². The Morgan fingerprint density at radius 1 is 1.02 bits per heavy atom. The van der Waals surface area contributed by atoms with Gasteiger partial charge in [-0.15, -0.1) is 0 Å². The molecule has 2 aliphatic heterocycles. The lowest BCUT2D eigenvalue weighted by molar-refractivity contribution is -0.135. The number of aromatic nitrogens is 4. The summed E-state index contributed by atoms with van der Waals surface area (Å²) in [4.78, 5) is 41.8. The Labute approximate surface area is 233 Å². The molecule has 5 N–H and O–H groups in total. The Bertz CT molecular complexity index is 1480. The molecule has 0 spiro atoms. The van der Waals surface area contributed by atoms with E-state index in [1.54, 1.807) is 17.3 Å². The van der Waals surface area contributed by atoms with Crippen molar-refractivity contribution in [3.63, 3.8) is 0 Å². The largest absolute Gasteiger partial charge is 0.465 e. The molecule has 2 aromatic heterocycles. The number of hydrogen-bond acceptors (Lipinski definition) is 5. The summed E-state index contributed by atoms with van der Waals surface area (Å²) in [6.07, 6.45) is 6.15. The van der Waals surface area contributed by atoms with Gasteiger partial charge >= 0.3 is 6.09 Å². The zero-order valence-corrected chi connectivity index (χ0v) is 22.6. The summed E-state index contributed by atoms with van der Waals surface area (Å²) in [5.41, 5.74) is 3.38. The van der Waals surface area contributed by atoms with E-state index in [0.717, 1.165) is 60.6 Å². The lowest BCUT2D eigenvalue weighted by Gasteiger charge is -2.29. The number of carboxylic acid groups (broad SMARTS) is 1. The van der Waals surface area contributed by atoms with E-state index < -0.39 is 12.1 Å². The fraction of sp³-hybridized carbons (Fsp3) is 0.400. The SMILES string of the molecule is CC(C)[C@H](NC(=O)O)C(=O)N1CCC[C@H]1c1ncc(-c2ccc(C#CC#Cc3cnc([C@@H]4CCCN4)[nH]3)cc2)[nH]1. The summed E-state index contributed by atoms with van der Waals surface area (Å²) >= 11 is 0. The highest BCUT2D eigenvalue weighted by molar-refractivity contribution is 5.86. The molecule has 2 fully saturated rings. The number of rotatable bonds is 6. The smallest absolute Gasteiger partial charge is 0.405 e. The maximum Gasteiger partial charge on any atom is 0.405 e. The molecule has 0 aliphatic carbocycles. The van der Waals surface area contributed by atoms with Gasteiger partial charge in [-0.05, 0) is 73.6 Å². The van der Waals surface area contributed by atoms with E-state index in [9.17, 15) is 14.7 Å². The summed E-state index contributed by atoms with van der Waals surface area (Å²) in [7, 11) is 0. The monoisotopic (exact) mass is 539 g/mol. The van der Waals surface area contributed by atoms with Crippen molar-refractivity contribution in [1.82, 2.24) is 35.5 Å². The third-order valence-corrected chi connectivity index (χ3v) is 7.31. The average molecular weight is 540 g/mol. The second-order valence-corrected chi connectivity index (χ2v) is 10.5. The van der Waals surface area contributed by atoms with Gasteiger partial charge in [0.05, 0.1) is 30.2 Å². The van der Waals surface area contributed by atoms with Crippen LogP contribution in [0.2, 0.25) is 0 Å². The quantitative estimate of drug-likeness (QED) is 0.304. The second kappa shape index (κ2) is 12.1. The molecule has 10 nitrogen and oxygen atoms in total. The van der Waals surface area contributed by atoms with E-state index in [0.29, 0.717) is 12.4 Å². The van der Waals surface area contributed by atoms with Crippen molar-refractivity contribution < 1.29 is 14.7 Å². The molecule has 2 amide bonds. The number of amides is 2. The highest BCUT2D eigenvalue weighted by Crippen LogP contribution is 2.32. The normalized spacial score (nSPS) is 19.0. The van der Waals surface area contributed by atoms with Gasteiger partial charge in [-0.25, -0.2) is 14.8 Å². The van der Waals surface area contributed by atoms with Crippen LogP contribution in [0.15, 0.2) is 36.7 Å². The van der Waals surface area contributed by atoms with Gasteiger partial charge < -0.3 is 30.6 Å². The number of carbonyl (C=O) groups excluding carboxylic acids is 1. The van der Waals surface area contributed by atoms with Crippen LogP contribution < -0.4 is 10.6 Å². The average Bonchev–Trinajstić information content (AvgIpc) is 3.75. The fourth-order valence-corrected chi connectivity index (χ4v) is 5.22. The summed E-state index contributed by atoms with van der Waals surface area (Å²) in [5.74, 6) is 13.1. The van der Waals surface area contributed by atoms with Crippen LogP contribution in [0.3, 0.4) is 0 Å². The van der Waals surface area contributed by atoms with Crippen molar-refractivity contribution >= 4 is 12.0 Å². The molecule has 206 valence electrons. The molecule has 2 saturated heterocycles. The van der Waals surface area contributed by atoms with Crippen LogP contribution in [0.1, 0.15) is 74.5 Å². The first kappa shape index (κ1) is 27.0. The number of likely N-dealkylation sites (tertiary alicyclic amines) is 1. The van der Waals surface area contributed by atoms with Gasteiger partial charge in [0.15, 0.2) is 0 Å². The molecule has 0 saturated carbocycles. The van der Waals surface area contributed by atoms with Crippen LogP contribution >= 0.6 is 0 Å². The van der Waals surface area contributed by atoms with Crippen molar-refractivity contribution in [3.8, 4) is 34.9 Å². The third kappa shape index (κ3) is 6.19. The Morgan fingerprint density at radius 3 is 2.52 bits per heavy atom. The predicted molar refractivity (Wildman–Crippen MR) is 150 cm³/mol. The summed E-state index contributed by atoms with van der Waals surface area (Å²) in [6.45, 7) is 5.25. The number of H-pyrrole nitrogens is 2. The molecule has 1 aromatic carbocycles. The maximum atomic E-state index is 13.2. The molecule has 3 aromatic rings. The van der Waals surface area contributed by atoms with E-state index >= 15 is 0 Å². The van der Waals surface area contributed by atoms with Gasteiger partial charge in [-0.2, -0.15) is 0 Å². The van der Waals surface area contributed by atoms with Crippen LogP contribution in [0.5, 0.6) is 0 Å². The van der Waals surface area contributed by atoms with Gasteiger partial charge in [-0.1, -0.05) is 31.9 Å². The Morgan fingerprint density at radius 2 is 1.80 bits per heavy atom. The van der Waals surface area contributed by atoms with Crippen LogP contribution in [-0.4, -0.2) is 61.1 Å². The zero-order chi connectivity index (χ0) is 28.1. The van der Waals surface area contributed by atoms with Crippen LogP contribution in [0, 0.1) is 29.6 Å². The molecule has 4 heterocycles. The first-order chi connectivity index (χ1) is 19.4. The van der Waals surface area contributed by atoms with Crippen molar-refractivity contribution in [2.24, 2.45) is 5.92 Å². The minimum Gasteiger partial charge on any atom is -0.465 e. The van der Waals surface area contributed by atoms with E-state index in [2.05, 4.69) is 54.3 Å². The zero-order valence-electron chi connectivity index (χ0n) is 22.6. The molecule has 5 rings (SSSR count). The fourth-order valence-electron chi connectivity index (χ4n) is 5.22. The first-order valence-corrected chi connectivity index (χ1v) is 13.6. The number of nitrogens with zero attached hydrogens (tertiary/aromatic N) is 3. The van der Waals surface area contributed by atoms with Crippen molar-refractivity contribution in [1.29, 1.82) is 0 Å². The molecule has 0 bridgehead atoms. The van der Waals surface area contributed by atoms with E-state index in [1.165, 1.54) is 0 Å². The molecular weight excluding hydrogens is 506 g/mol. The number of aromatic amines is 2. The van der Waals surface area contributed by atoms with E-state index in [-0.39, 0.29) is 23.9 Å². The molecule has 3 atom stereocenters. The second-order valence-electron chi connectivity index (χ2n) is 10.5. The maximum absolute atomic E-state index is 13.2. The molecule has 10 heteroatoms. The van der Waals surface area contributed by atoms with Gasteiger partial charge in [0, 0.05) is 12.1 Å². The molecule has 40 heavy (non-hydrogen) atoms. The Kier molecular flexibility index (Phi) is 8.18. The number of benzene rings is 1. The Balaban J connectivity index is 1.22. The molecule has 0 unspecified atom stereocenters. The third-order valence-electron chi connectivity index (χ3n) is 7.31. The number of nitrogens with one attached hydrogen (secondary N) is 4. The van der Waals surface area contributed by atoms with Crippen LogP contribution in [0.25, 0.3) is 11.3 Å². The molecular formula is C30H33N7O3. The van der Waals surface area contributed by atoms with Gasteiger partial charge in [0.25, 0.3) is 0 Å². The minimum absolute atomic E-state index is 0.165. The van der Waals surface area contributed by atoms with Crippen LogP contribution in [-0.2, 0) is 4.79 Å². The first-order valence-electron chi connectivity index (χ1n) is 13.6. The van der Waals surface area contributed by atoms with Crippen molar-refractivity contribution in [2.75, 3.05) is 13.1 Å². The minimum atomic E-state index is -1.20. The van der Waals surface area contributed by atoms with Gasteiger partial charge in [-0.3, -0.25) is 4.79 Å². The number of hydrogen-bond donors (Lipinski definition) is 5. The predicted octanol–water partition coefficient (Wildman–Crippen LogP) is 3.58. The number of imidazole rings is 2. The summed E-state index contributed by atoms with van der Waals surface area (Å²) in [6, 6.07) is 7.06. The summed E-state index contributed by atoms with van der Waals surface area (Å²) in [5, 5.41) is 15.0. The van der Waals surface area contributed by atoms with Crippen LogP contribution in [0.4, 0.5) is 4.79 Å². The number of carbonyl (C=O) groups is 2. The van der Waals surface area contributed by atoms with Gasteiger partial charge in [0.2, 0.25) is 5.91 Å². The van der Waals surface area contributed by atoms with Crippen molar-refractivity contribution in [3.05, 3.63) is 59.6 Å².